The van der Waals surface area contributed by atoms with Crippen molar-refractivity contribution in [1.29, 1.82) is 0 Å². The predicted molar refractivity (Wildman–Crippen MR) is 173 cm³/mol. The zero-order valence-corrected chi connectivity index (χ0v) is 24.8. The van der Waals surface area contributed by atoms with Gasteiger partial charge in [0.15, 0.2) is 0 Å². The van der Waals surface area contributed by atoms with Gasteiger partial charge in [-0.25, -0.2) is 9.37 Å². The number of hydrogen-bond acceptors (Lipinski definition) is 7. The molecule has 8 nitrogen and oxygen atoms in total. The van der Waals surface area contributed by atoms with E-state index in [1.165, 1.54) is 12.1 Å². The number of nitrogens with zero attached hydrogens (tertiary/aromatic N) is 4. The molecule has 0 aliphatic carbocycles. The first kappa shape index (κ1) is 27.8. The first-order valence-corrected chi connectivity index (χ1v) is 14.8. The van der Waals surface area contributed by atoms with Crippen molar-refractivity contribution >= 4 is 50.9 Å². The number of morpholine rings is 1. The number of anilines is 6. The molecule has 2 unspecified atom stereocenters. The third-order valence-electron chi connectivity index (χ3n) is 8.04. The van der Waals surface area contributed by atoms with Crippen LogP contribution < -0.4 is 20.4 Å². The predicted octanol–water partition coefficient (Wildman–Crippen LogP) is 7.34. The van der Waals surface area contributed by atoms with Crippen LogP contribution in [0, 0.1) is 12.7 Å². The molecule has 44 heavy (non-hydrogen) atoms. The highest BCUT2D eigenvalue weighted by Gasteiger charge is 2.30. The minimum atomic E-state index is -0.281. The van der Waals surface area contributed by atoms with Crippen LogP contribution >= 0.6 is 0 Å². The van der Waals surface area contributed by atoms with Crippen LogP contribution in [0.25, 0.3) is 10.9 Å². The van der Waals surface area contributed by atoms with Gasteiger partial charge in [0.25, 0.3) is 5.91 Å². The average Bonchev–Trinajstić information content (AvgIpc) is 3.33. The van der Waals surface area contributed by atoms with E-state index in [4.69, 9.17) is 9.72 Å². The minimum Gasteiger partial charge on any atom is -0.372 e. The molecular formula is C35H33FN6O2. The van der Waals surface area contributed by atoms with Crippen molar-refractivity contribution in [2.75, 3.05) is 33.5 Å². The summed E-state index contributed by atoms with van der Waals surface area (Å²) in [4.78, 5) is 26.7. The van der Waals surface area contributed by atoms with Crippen molar-refractivity contribution in [3.63, 3.8) is 0 Å². The number of pyridine rings is 2. The first-order valence-electron chi connectivity index (χ1n) is 14.8. The summed E-state index contributed by atoms with van der Waals surface area (Å²) in [6.45, 7) is 8.31. The number of ether oxygens (including phenoxy) is 1. The van der Waals surface area contributed by atoms with E-state index in [1.807, 2.05) is 43.3 Å². The minimum absolute atomic E-state index is 0.130. The average molecular weight is 589 g/mol. The van der Waals surface area contributed by atoms with Crippen molar-refractivity contribution in [2.24, 2.45) is 0 Å². The first-order chi connectivity index (χ1) is 21.3. The van der Waals surface area contributed by atoms with E-state index in [1.54, 1.807) is 23.2 Å². The Hall–Kier alpha value is -5.02. The summed E-state index contributed by atoms with van der Waals surface area (Å²) in [6, 6.07) is 24.2. The van der Waals surface area contributed by atoms with Crippen LogP contribution in [0.2, 0.25) is 0 Å². The number of hydrogen-bond donors (Lipinski definition) is 2. The topological polar surface area (TPSA) is 82.6 Å². The van der Waals surface area contributed by atoms with Crippen molar-refractivity contribution in [3.05, 3.63) is 108 Å². The Bertz CT molecular complexity index is 1850. The van der Waals surface area contributed by atoms with Crippen LogP contribution in [0.3, 0.4) is 0 Å². The van der Waals surface area contributed by atoms with E-state index in [0.29, 0.717) is 12.2 Å². The molecule has 3 aromatic carbocycles. The summed E-state index contributed by atoms with van der Waals surface area (Å²) in [5.41, 5.74) is 8.44. The molecule has 2 aromatic heterocycles. The second-order valence-electron chi connectivity index (χ2n) is 11.6. The lowest BCUT2D eigenvalue weighted by Crippen LogP contribution is -2.45. The molecule has 1 fully saturated rings. The number of aromatic nitrogens is 2. The number of amides is 1. The number of nitrogens with one attached hydrogen (secondary N) is 2. The summed E-state index contributed by atoms with van der Waals surface area (Å²) in [7, 11) is 0. The van der Waals surface area contributed by atoms with Crippen molar-refractivity contribution < 1.29 is 13.9 Å². The zero-order valence-electron chi connectivity index (χ0n) is 24.8. The highest BCUT2D eigenvalue weighted by molar-refractivity contribution is 6.09. The number of halogens is 1. The van der Waals surface area contributed by atoms with Gasteiger partial charge in [0, 0.05) is 58.2 Å². The van der Waals surface area contributed by atoms with Crippen LogP contribution in [0.5, 0.6) is 0 Å². The zero-order chi connectivity index (χ0) is 30.4. The molecule has 0 bridgehead atoms. The molecular weight excluding hydrogens is 555 g/mol. The Labute approximate surface area is 255 Å². The lowest BCUT2D eigenvalue weighted by Gasteiger charge is -2.37. The number of carbonyl (C=O) groups excluding carboxylic acids is 1. The smallest absolute Gasteiger partial charge is 0.277 e. The van der Waals surface area contributed by atoms with E-state index in [9.17, 15) is 9.18 Å². The van der Waals surface area contributed by atoms with Gasteiger partial charge >= 0.3 is 0 Å². The summed E-state index contributed by atoms with van der Waals surface area (Å²) >= 11 is 0. The highest BCUT2D eigenvalue weighted by atomic mass is 19.1. The maximum absolute atomic E-state index is 13.3. The van der Waals surface area contributed by atoms with Crippen LogP contribution in [0.15, 0.2) is 85.1 Å². The van der Waals surface area contributed by atoms with Gasteiger partial charge < -0.3 is 25.2 Å². The summed E-state index contributed by atoms with van der Waals surface area (Å²) < 4.78 is 19.2. The third kappa shape index (κ3) is 5.54. The fourth-order valence-electron chi connectivity index (χ4n) is 6.09. The monoisotopic (exact) mass is 588 g/mol. The fourth-order valence-corrected chi connectivity index (χ4v) is 6.09. The van der Waals surface area contributed by atoms with Crippen molar-refractivity contribution in [3.8, 4) is 0 Å². The van der Waals surface area contributed by atoms with Gasteiger partial charge in [-0.05, 0) is 99.6 Å². The van der Waals surface area contributed by atoms with Crippen molar-refractivity contribution in [2.45, 2.75) is 39.5 Å². The SMILES string of the molecule is Cc1cc(Nc2cnc3c(c2)CN(c2ccc(Nc4ccc(F)cc4)cc2)C3=O)c2cc(N3CC(C)OC(C)C3)ccc2n1. The lowest BCUT2D eigenvalue weighted by molar-refractivity contribution is -0.00521. The van der Waals surface area contributed by atoms with E-state index in [2.05, 4.69) is 52.6 Å². The molecule has 0 spiro atoms. The van der Waals surface area contributed by atoms with E-state index in [-0.39, 0.29) is 23.9 Å². The highest BCUT2D eigenvalue weighted by Crippen LogP contribution is 2.34. The molecule has 2 atom stereocenters. The summed E-state index contributed by atoms with van der Waals surface area (Å²) in [6.07, 6.45) is 2.05. The molecule has 2 aliphatic rings. The molecule has 0 radical (unpaired) electrons. The standard InChI is InChI=1S/C35H33FN6O2/c1-21-14-33(31-16-30(12-13-32(31)38-21)41-18-22(2)44-23(3)19-41)40-28-15-24-20-42(35(43)34(24)37-17-28)29-10-8-27(9-11-29)39-26-6-4-25(36)5-7-26/h4-17,22-23,39H,18-20H2,1-3H3,(H,38,40). The Kier molecular flexibility index (Phi) is 7.10. The van der Waals surface area contributed by atoms with Gasteiger partial charge in [0.05, 0.1) is 36.2 Å². The third-order valence-corrected chi connectivity index (χ3v) is 8.04. The van der Waals surface area contributed by atoms with E-state index >= 15 is 0 Å². The quantitative estimate of drug-likeness (QED) is 0.215. The molecule has 2 N–H and O–H groups in total. The van der Waals surface area contributed by atoms with E-state index < -0.39 is 0 Å². The molecule has 7 rings (SSSR count). The molecule has 1 saturated heterocycles. The number of fused-ring (bicyclic) bond motifs is 2. The molecule has 4 heterocycles. The lowest BCUT2D eigenvalue weighted by atomic mass is 10.1. The molecule has 9 heteroatoms. The number of carbonyl (C=O) groups is 1. The van der Waals surface area contributed by atoms with Gasteiger partial charge in [-0.3, -0.25) is 9.78 Å². The van der Waals surface area contributed by atoms with Crippen LogP contribution in [-0.2, 0) is 11.3 Å². The second kappa shape index (κ2) is 11.2. The number of aryl methyl sites for hydroxylation is 1. The van der Waals surface area contributed by atoms with Crippen LogP contribution in [0.1, 0.15) is 35.6 Å². The summed E-state index contributed by atoms with van der Waals surface area (Å²) in [5.74, 6) is -0.411. The van der Waals surface area contributed by atoms with Crippen LogP contribution in [-0.4, -0.2) is 41.2 Å². The molecule has 2 aliphatic heterocycles. The van der Waals surface area contributed by atoms with Gasteiger partial charge in [0.2, 0.25) is 0 Å². The van der Waals surface area contributed by atoms with Gasteiger partial charge in [-0.2, -0.15) is 0 Å². The molecule has 0 saturated carbocycles. The van der Waals surface area contributed by atoms with Crippen molar-refractivity contribution in [1.82, 2.24) is 9.97 Å². The van der Waals surface area contributed by atoms with Gasteiger partial charge in [-0.1, -0.05) is 0 Å². The maximum Gasteiger partial charge on any atom is 0.277 e. The Morgan fingerprint density at radius 1 is 0.841 bits per heavy atom. The largest absolute Gasteiger partial charge is 0.372 e. The normalized spacial score (nSPS) is 18.0. The van der Waals surface area contributed by atoms with Gasteiger partial charge in [-0.15, -0.1) is 0 Å². The van der Waals surface area contributed by atoms with E-state index in [0.717, 1.165) is 69.4 Å². The Morgan fingerprint density at radius 3 is 2.25 bits per heavy atom. The van der Waals surface area contributed by atoms with Crippen LogP contribution in [0.4, 0.5) is 38.5 Å². The maximum atomic E-state index is 13.3. The molecule has 1 amide bonds. The summed E-state index contributed by atoms with van der Waals surface area (Å²) in [5, 5.41) is 7.83. The molecule has 5 aromatic rings. The second-order valence-corrected chi connectivity index (χ2v) is 11.6. The fraction of sp³-hybridized carbons (Fsp3) is 0.229. The molecule has 222 valence electrons. The Balaban J connectivity index is 1.11. The number of benzene rings is 3. The van der Waals surface area contributed by atoms with Gasteiger partial charge in [0.1, 0.15) is 11.5 Å². The number of rotatable bonds is 6. The Morgan fingerprint density at radius 2 is 1.52 bits per heavy atom.